The number of carbonyl (C=O) groups is 2. The quantitative estimate of drug-likeness (QED) is 0.812. The van der Waals surface area contributed by atoms with E-state index in [2.05, 4.69) is 20.6 Å². The van der Waals surface area contributed by atoms with Gasteiger partial charge < -0.3 is 15.4 Å². The highest BCUT2D eigenvalue weighted by Crippen LogP contribution is 2.15. The van der Waals surface area contributed by atoms with Gasteiger partial charge in [-0.3, -0.25) is 4.79 Å². The minimum absolute atomic E-state index is 0.268. The van der Waals surface area contributed by atoms with Crippen LogP contribution in [0.15, 0.2) is 36.5 Å². The summed E-state index contributed by atoms with van der Waals surface area (Å²) >= 11 is 0. The summed E-state index contributed by atoms with van der Waals surface area (Å²) in [5.41, 5.74) is 1.09. The van der Waals surface area contributed by atoms with Crippen molar-refractivity contribution < 1.29 is 14.3 Å². The maximum atomic E-state index is 12.2. The monoisotopic (exact) mass is 342 g/mol. The molecule has 0 aliphatic rings. The Balaban J connectivity index is 2.09. The third-order valence-corrected chi connectivity index (χ3v) is 3.03. The SMILES string of the molecule is CCOC(=O)c1ccc(Nc2nccc(C(=O)NC(C)(C)C)n2)cc1. The summed E-state index contributed by atoms with van der Waals surface area (Å²) in [5, 5.41) is 5.86. The van der Waals surface area contributed by atoms with Crippen molar-refractivity contribution in [3.05, 3.63) is 47.8 Å². The van der Waals surface area contributed by atoms with Crippen LogP contribution in [0.5, 0.6) is 0 Å². The van der Waals surface area contributed by atoms with Crippen molar-refractivity contribution in [1.29, 1.82) is 0 Å². The smallest absolute Gasteiger partial charge is 0.338 e. The van der Waals surface area contributed by atoms with Crippen LogP contribution in [0.2, 0.25) is 0 Å². The van der Waals surface area contributed by atoms with Crippen LogP contribution in [-0.2, 0) is 4.74 Å². The maximum absolute atomic E-state index is 12.2. The Hall–Kier alpha value is -2.96. The van der Waals surface area contributed by atoms with Gasteiger partial charge in [0.25, 0.3) is 5.91 Å². The largest absolute Gasteiger partial charge is 0.462 e. The molecule has 132 valence electrons. The first-order valence-electron chi connectivity index (χ1n) is 7.98. The van der Waals surface area contributed by atoms with E-state index >= 15 is 0 Å². The minimum Gasteiger partial charge on any atom is -0.462 e. The van der Waals surface area contributed by atoms with E-state index in [-0.39, 0.29) is 23.1 Å². The van der Waals surface area contributed by atoms with Gasteiger partial charge in [0.05, 0.1) is 12.2 Å². The molecule has 1 heterocycles. The molecule has 0 bridgehead atoms. The number of aromatic nitrogens is 2. The number of carbonyl (C=O) groups excluding carboxylic acids is 2. The lowest BCUT2D eigenvalue weighted by Crippen LogP contribution is -2.41. The van der Waals surface area contributed by atoms with Crippen molar-refractivity contribution in [3.8, 4) is 0 Å². The van der Waals surface area contributed by atoms with Gasteiger partial charge in [0.2, 0.25) is 5.95 Å². The van der Waals surface area contributed by atoms with Crippen LogP contribution in [0, 0.1) is 0 Å². The van der Waals surface area contributed by atoms with Crippen LogP contribution < -0.4 is 10.6 Å². The molecule has 0 aliphatic carbocycles. The standard InChI is InChI=1S/C18H22N4O3/c1-5-25-16(24)12-6-8-13(9-7-12)20-17-19-11-10-14(21-17)15(23)22-18(2,3)4/h6-11H,5H2,1-4H3,(H,22,23)(H,19,20,21). The second kappa shape index (κ2) is 7.74. The molecule has 2 rings (SSSR count). The van der Waals surface area contributed by atoms with E-state index in [1.54, 1.807) is 37.3 Å². The van der Waals surface area contributed by atoms with Crippen molar-refractivity contribution >= 4 is 23.5 Å². The van der Waals surface area contributed by atoms with E-state index in [9.17, 15) is 9.59 Å². The van der Waals surface area contributed by atoms with Gasteiger partial charge >= 0.3 is 5.97 Å². The zero-order valence-corrected chi connectivity index (χ0v) is 14.8. The van der Waals surface area contributed by atoms with Crippen molar-refractivity contribution in [2.45, 2.75) is 33.2 Å². The molecule has 7 nitrogen and oxygen atoms in total. The van der Waals surface area contributed by atoms with Gasteiger partial charge in [0.1, 0.15) is 5.69 Å². The molecule has 0 radical (unpaired) electrons. The molecule has 0 spiro atoms. The fourth-order valence-electron chi connectivity index (χ4n) is 1.98. The summed E-state index contributed by atoms with van der Waals surface area (Å²) in [7, 11) is 0. The third-order valence-electron chi connectivity index (χ3n) is 3.03. The number of benzene rings is 1. The minimum atomic E-state index is -0.369. The van der Waals surface area contributed by atoms with Gasteiger partial charge in [-0.05, 0) is 58.0 Å². The molecule has 0 saturated carbocycles. The average molecular weight is 342 g/mol. The third kappa shape index (κ3) is 5.56. The number of nitrogens with zero attached hydrogens (tertiary/aromatic N) is 2. The summed E-state index contributed by atoms with van der Waals surface area (Å²) in [6.07, 6.45) is 1.51. The van der Waals surface area contributed by atoms with Crippen LogP contribution in [0.4, 0.5) is 11.6 Å². The van der Waals surface area contributed by atoms with Gasteiger partial charge in [0.15, 0.2) is 0 Å². The van der Waals surface area contributed by atoms with E-state index in [1.165, 1.54) is 6.20 Å². The van der Waals surface area contributed by atoms with Gasteiger partial charge in [-0.15, -0.1) is 0 Å². The Labute approximate surface area is 146 Å². The Bertz CT molecular complexity index is 752. The molecule has 2 N–H and O–H groups in total. The number of nitrogens with one attached hydrogen (secondary N) is 2. The Kier molecular flexibility index (Phi) is 5.69. The maximum Gasteiger partial charge on any atom is 0.338 e. The highest BCUT2D eigenvalue weighted by molar-refractivity contribution is 5.93. The predicted octanol–water partition coefficient (Wildman–Crippen LogP) is 2.93. The number of amides is 1. The molecule has 0 aliphatic heterocycles. The highest BCUT2D eigenvalue weighted by atomic mass is 16.5. The lowest BCUT2D eigenvalue weighted by Gasteiger charge is -2.20. The second-order valence-electron chi connectivity index (χ2n) is 6.39. The number of rotatable bonds is 5. The van der Waals surface area contributed by atoms with E-state index in [1.807, 2.05) is 20.8 Å². The number of hydrogen-bond acceptors (Lipinski definition) is 6. The van der Waals surface area contributed by atoms with Crippen molar-refractivity contribution in [1.82, 2.24) is 15.3 Å². The Morgan fingerprint density at radius 1 is 1.12 bits per heavy atom. The van der Waals surface area contributed by atoms with Gasteiger partial charge in [-0.1, -0.05) is 0 Å². The summed E-state index contributed by atoms with van der Waals surface area (Å²) in [5.74, 6) is -0.341. The summed E-state index contributed by atoms with van der Waals surface area (Å²) < 4.78 is 4.94. The molecular weight excluding hydrogens is 320 g/mol. The number of hydrogen-bond donors (Lipinski definition) is 2. The molecule has 0 saturated heterocycles. The first kappa shape index (κ1) is 18.4. The Morgan fingerprint density at radius 3 is 2.40 bits per heavy atom. The average Bonchev–Trinajstić information content (AvgIpc) is 2.54. The molecule has 25 heavy (non-hydrogen) atoms. The van der Waals surface area contributed by atoms with Crippen LogP contribution in [0.1, 0.15) is 48.5 Å². The second-order valence-corrected chi connectivity index (χ2v) is 6.39. The number of esters is 1. The van der Waals surface area contributed by atoms with E-state index in [0.717, 1.165) is 0 Å². The number of ether oxygens (including phenoxy) is 1. The molecule has 7 heteroatoms. The first-order valence-corrected chi connectivity index (χ1v) is 7.98. The molecule has 0 atom stereocenters. The van der Waals surface area contributed by atoms with Crippen molar-refractivity contribution in [3.63, 3.8) is 0 Å². The molecule has 1 aromatic carbocycles. The summed E-state index contributed by atoms with van der Waals surface area (Å²) in [6, 6.07) is 8.29. The lowest BCUT2D eigenvalue weighted by molar-refractivity contribution is 0.0526. The zero-order valence-electron chi connectivity index (χ0n) is 14.8. The fraction of sp³-hybridized carbons (Fsp3) is 0.333. The summed E-state index contributed by atoms with van der Waals surface area (Å²) in [6.45, 7) is 7.78. The van der Waals surface area contributed by atoms with Crippen LogP contribution >= 0.6 is 0 Å². The van der Waals surface area contributed by atoms with E-state index in [0.29, 0.717) is 23.8 Å². The van der Waals surface area contributed by atoms with Crippen molar-refractivity contribution in [2.75, 3.05) is 11.9 Å². The molecular formula is C18H22N4O3. The van der Waals surface area contributed by atoms with Crippen molar-refractivity contribution in [2.24, 2.45) is 0 Å². The van der Waals surface area contributed by atoms with Crippen LogP contribution in [0.25, 0.3) is 0 Å². The summed E-state index contributed by atoms with van der Waals surface area (Å²) in [4.78, 5) is 32.1. The van der Waals surface area contributed by atoms with Crippen LogP contribution in [0.3, 0.4) is 0 Å². The van der Waals surface area contributed by atoms with Gasteiger partial charge in [-0.2, -0.15) is 0 Å². The fourth-order valence-corrected chi connectivity index (χ4v) is 1.98. The predicted molar refractivity (Wildman–Crippen MR) is 94.9 cm³/mol. The lowest BCUT2D eigenvalue weighted by atomic mass is 10.1. The highest BCUT2D eigenvalue weighted by Gasteiger charge is 2.16. The Morgan fingerprint density at radius 2 is 1.80 bits per heavy atom. The molecule has 0 unspecified atom stereocenters. The molecule has 0 fully saturated rings. The first-order chi connectivity index (χ1) is 11.8. The van der Waals surface area contributed by atoms with Crippen LogP contribution in [-0.4, -0.2) is 34.0 Å². The topological polar surface area (TPSA) is 93.2 Å². The molecule has 1 amide bonds. The zero-order chi connectivity index (χ0) is 18.4. The molecule has 1 aromatic heterocycles. The number of anilines is 2. The normalized spacial score (nSPS) is 10.9. The van der Waals surface area contributed by atoms with Gasteiger partial charge in [0, 0.05) is 17.4 Å². The molecule has 2 aromatic rings. The van der Waals surface area contributed by atoms with E-state index in [4.69, 9.17) is 4.74 Å². The van der Waals surface area contributed by atoms with Gasteiger partial charge in [-0.25, -0.2) is 14.8 Å². The van der Waals surface area contributed by atoms with E-state index < -0.39 is 0 Å².